The first-order chi connectivity index (χ1) is 15.9. The summed E-state index contributed by atoms with van der Waals surface area (Å²) in [7, 11) is 2.06. The van der Waals surface area contributed by atoms with E-state index in [1.807, 2.05) is 32.0 Å². The van der Waals surface area contributed by atoms with Crippen molar-refractivity contribution in [2.24, 2.45) is 0 Å². The maximum atomic E-state index is 13.3. The maximum absolute atomic E-state index is 13.3. The molecule has 0 radical (unpaired) electrons. The van der Waals surface area contributed by atoms with Gasteiger partial charge in [-0.15, -0.1) is 0 Å². The first-order valence-corrected chi connectivity index (χ1v) is 11.4. The predicted molar refractivity (Wildman–Crippen MR) is 126 cm³/mol. The van der Waals surface area contributed by atoms with E-state index < -0.39 is 0 Å². The number of aromatic nitrogens is 2. The smallest absolute Gasteiger partial charge is 0.258 e. The summed E-state index contributed by atoms with van der Waals surface area (Å²) in [4.78, 5) is 17.2. The predicted octanol–water partition coefficient (Wildman–Crippen LogP) is 3.68. The van der Waals surface area contributed by atoms with Crippen molar-refractivity contribution in [3.63, 3.8) is 0 Å². The van der Waals surface area contributed by atoms with Crippen LogP contribution in [0, 0.1) is 0 Å². The molecule has 0 saturated heterocycles. The average Bonchev–Trinajstić information content (AvgIpc) is 3.39. The molecule has 1 aliphatic rings. The standard InChI is InChI=1S/C25H32N4O4/c1-5-28(4)8-9-32-19-7-6-17-13-29(14-18(17)10-19)25(31)21-11-20-22(12-24(21)30)26-27-23(20)15-33-16(2)3/h6-7,10-12,16,30H,5,8-9,13-15H2,1-4H3,(H,26,27). The summed E-state index contributed by atoms with van der Waals surface area (Å²) in [6, 6.07) is 9.24. The van der Waals surface area contributed by atoms with Crippen molar-refractivity contribution in [3.05, 3.63) is 52.7 Å². The van der Waals surface area contributed by atoms with E-state index in [1.54, 1.807) is 17.0 Å². The summed E-state index contributed by atoms with van der Waals surface area (Å²) < 4.78 is 11.6. The molecule has 1 aromatic heterocycles. The van der Waals surface area contributed by atoms with E-state index in [9.17, 15) is 9.90 Å². The Morgan fingerprint density at radius 2 is 2.03 bits per heavy atom. The number of nitrogens with one attached hydrogen (secondary N) is 1. The van der Waals surface area contributed by atoms with Gasteiger partial charge in [0.25, 0.3) is 5.91 Å². The number of carbonyl (C=O) groups excluding carboxylic acids is 1. The zero-order chi connectivity index (χ0) is 23.5. The van der Waals surface area contributed by atoms with Crippen molar-refractivity contribution in [1.82, 2.24) is 20.0 Å². The molecule has 8 nitrogen and oxygen atoms in total. The van der Waals surface area contributed by atoms with E-state index in [1.165, 1.54) is 0 Å². The molecule has 0 unspecified atom stereocenters. The molecule has 0 saturated carbocycles. The number of H-pyrrole nitrogens is 1. The van der Waals surface area contributed by atoms with Crippen molar-refractivity contribution in [2.45, 2.75) is 46.6 Å². The molecule has 2 N–H and O–H groups in total. The lowest BCUT2D eigenvalue weighted by Gasteiger charge is -2.16. The second kappa shape index (κ2) is 9.80. The highest BCUT2D eigenvalue weighted by Crippen LogP contribution is 2.32. The zero-order valence-electron chi connectivity index (χ0n) is 19.7. The van der Waals surface area contributed by atoms with Gasteiger partial charge in [0.15, 0.2) is 0 Å². The maximum Gasteiger partial charge on any atom is 0.258 e. The minimum absolute atomic E-state index is 0.0625. The Kier molecular flexibility index (Phi) is 6.85. The second-order valence-electron chi connectivity index (χ2n) is 8.78. The third-order valence-electron chi connectivity index (χ3n) is 6.01. The number of benzene rings is 2. The molecule has 1 aliphatic heterocycles. The number of phenolic OH excluding ortho intramolecular Hbond substituents is 1. The molecular weight excluding hydrogens is 420 g/mol. The Bertz CT molecular complexity index is 1140. The largest absolute Gasteiger partial charge is 0.507 e. The van der Waals surface area contributed by atoms with Crippen LogP contribution in [0.3, 0.4) is 0 Å². The van der Waals surface area contributed by atoms with E-state index in [-0.39, 0.29) is 23.3 Å². The first kappa shape index (κ1) is 23.1. The summed E-state index contributed by atoms with van der Waals surface area (Å²) in [6.07, 6.45) is 0.0690. The van der Waals surface area contributed by atoms with Crippen LogP contribution in [0.1, 0.15) is 48.0 Å². The number of ether oxygens (including phenoxy) is 2. The van der Waals surface area contributed by atoms with Gasteiger partial charge >= 0.3 is 0 Å². The summed E-state index contributed by atoms with van der Waals surface area (Å²) in [5.74, 6) is 0.534. The number of rotatable bonds is 9. The van der Waals surface area contributed by atoms with Crippen LogP contribution < -0.4 is 4.74 Å². The Morgan fingerprint density at radius 3 is 2.79 bits per heavy atom. The van der Waals surface area contributed by atoms with E-state index in [0.717, 1.165) is 35.4 Å². The molecule has 0 fully saturated rings. The van der Waals surface area contributed by atoms with Crippen molar-refractivity contribution in [1.29, 1.82) is 0 Å². The van der Waals surface area contributed by atoms with E-state index in [2.05, 4.69) is 29.1 Å². The van der Waals surface area contributed by atoms with Crippen LogP contribution in [0.25, 0.3) is 10.9 Å². The van der Waals surface area contributed by atoms with Gasteiger partial charge in [-0.2, -0.15) is 5.10 Å². The zero-order valence-corrected chi connectivity index (χ0v) is 19.7. The Hall–Kier alpha value is -3.10. The van der Waals surface area contributed by atoms with Gasteiger partial charge < -0.3 is 24.4 Å². The van der Waals surface area contributed by atoms with E-state index in [0.29, 0.717) is 37.5 Å². The van der Waals surface area contributed by atoms with Gasteiger partial charge in [0.1, 0.15) is 18.1 Å². The quantitative estimate of drug-likeness (QED) is 0.515. The fourth-order valence-electron chi connectivity index (χ4n) is 3.89. The van der Waals surface area contributed by atoms with Crippen LogP contribution in [-0.2, 0) is 24.4 Å². The first-order valence-electron chi connectivity index (χ1n) is 11.4. The molecule has 176 valence electrons. The van der Waals surface area contributed by atoms with Crippen molar-refractivity contribution < 1.29 is 19.4 Å². The fraction of sp³-hybridized carbons (Fsp3) is 0.440. The molecule has 2 heterocycles. The number of hydrogen-bond acceptors (Lipinski definition) is 6. The third-order valence-corrected chi connectivity index (χ3v) is 6.01. The van der Waals surface area contributed by atoms with Gasteiger partial charge in [0.05, 0.1) is 29.5 Å². The van der Waals surface area contributed by atoms with Crippen LogP contribution in [0.2, 0.25) is 0 Å². The number of phenols is 1. The molecule has 0 spiro atoms. The van der Waals surface area contributed by atoms with Gasteiger partial charge in [-0.1, -0.05) is 13.0 Å². The fourth-order valence-corrected chi connectivity index (χ4v) is 3.89. The minimum atomic E-state index is -0.213. The molecule has 8 heteroatoms. The SMILES string of the molecule is CCN(C)CCOc1ccc2c(c1)CN(C(=O)c1cc3c(COC(C)C)n[nH]c3cc1O)C2. The number of hydrogen-bond donors (Lipinski definition) is 2. The molecule has 33 heavy (non-hydrogen) atoms. The van der Waals surface area contributed by atoms with Crippen molar-refractivity contribution in [3.8, 4) is 11.5 Å². The van der Waals surface area contributed by atoms with Gasteiger partial charge in [-0.3, -0.25) is 9.89 Å². The summed E-state index contributed by atoms with van der Waals surface area (Å²) in [6.45, 7) is 9.80. The van der Waals surface area contributed by atoms with Crippen molar-refractivity contribution in [2.75, 3.05) is 26.7 Å². The molecule has 1 amide bonds. The Balaban J connectivity index is 1.48. The van der Waals surface area contributed by atoms with Gasteiger partial charge in [0, 0.05) is 31.1 Å². The second-order valence-corrected chi connectivity index (χ2v) is 8.78. The monoisotopic (exact) mass is 452 g/mol. The Labute approximate surface area is 194 Å². The van der Waals surface area contributed by atoms with E-state index >= 15 is 0 Å². The summed E-state index contributed by atoms with van der Waals surface area (Å²) >= 11 is 0. The lowest BCUT2D eigenvalue weighted by Crippen LogP contribution is -2.25. The molecule has 2 aromatic carbocycles. The topological polar surface area (TPSA) is 90.9 Å². The molecule has 0 bridgehead atoms. The number of aromatic hydroxyl groups is 1. The van der Waals surface area contributed by atoms with Crippen molar-refractivity contribution >= 4 is 16.8 Å². The number of carbonyl (C=O) groups is 1. The molecule has 4 rings (SSSR count). The summed E-state index contributed by atoms with van der Waals surface area (Å²) in [5, 5.41) is 18.5. The lowest BCUT2D eigenvalue weighted by atomic mass is 10.1. The summed E-state index contributed by atoms with van der Waals surface area (Å²) in [5.41, 5.74) is 3.82. The highest BCUT2D eigenvalue weighted by Gasteiger charge is 2.27. The van der Waals surface area contributed by atoms with Crippen LogP contribution in [-0.4, -0.2) is 63.9 Å². The van der Waals surface area contributed by atoms with E-state index in [4.69, 9.17) is 9.47 Å². The van der Waals surface area contributed by atoms with Gasteiger partial charge in [-0.25, -0.2) is 0 Å². The molecule has 0 atom stereocenters. The molecule has 3 aromatic rings. The minimum Gasteiger partial charge on any atom is -0.507 e. The van der Waals surface area contributed by atoms with Crippen LogP contribution in [0.15, 0.2) is 30.3 Å². The number of likely N-dealkylation sites (N-methyl/N-ethyl adjacent to an activating group) is 1. The number of fused-ring (bicyclic) bond motifs is 2. The van der Waals surface area contributed by atoms with Crippen LogP contribution >= 0.6 is 0 Å². The average molecular weight is 453 g/mol. The van der Waals surface area contributed by atoms with Gasteiger partial charge in [-0.05, 0) is 56.8 Å². The third kappa shape index (κ3) is 5.12. The number of amides is 1. The highest BCUT2D eigenvalue weighted by molar-refractivity contribution is 6.01. The molecule has 0 aliphatic carbocycles. The van der Waals surface area contributed by atoms with Gasteiger partial charge in [0.2, 0.25) is 0 Å². The number of nitrogens with zero attached hydrogens (tertiary/aromatic N) is 3. The normalized spacial score (nSPS) is 13.3. The highest BCUT2D eigenvalue weighted by atomic mass is 16.5. The molecular formula is C25H32N4O4. The van der Waals surface area contributed by atoms with Crippen LogP contribution in [0.5, 0.6) is 11.5 Å². The number of aromatic amines is 1. The Morgan fingerprint density at radius 1 is 1.24 bits per heavy atom. The van der Waals surface area contributed by atoms with Crippen LogP contribution in [0.4, 0.5) is 0 Å². The lowest BCUT2D eigenvalue weighted by molar-refractivity contribution is 0.0642.